The van der Waals surface area contributed by atoms with Crippen molar-refractivity contribution in [3.05, 3.63) is 41.5 Å². The van der Waals surface area contributed by atoms with Gasteiger partial charge in [0, 0.05) is 11.6 Å². The minimum absolute atomic E-state index is 0.0228. The monoisotopic (exact) mass is 274 g/mol. The molecule has 0 fully saturated rings. The molecule has 1 aromatic carbocycles. The molecule has 0 saturated heterocycles. The molecule has 5 nitrogen and oxygen atoms in total. The van der Waals surface area contributed by atoms with Gasteiger partial charge in [-0.3, -0.25) is 4.79 Å². The predicted molar refractivity (Wildman–Crippen MR) is 77.1 cm³/mol. The highest BCUT2D eigenvalue weighted by Gasteiger charge is 2.08. The van der Waals surface area contributed by atoms with Crippen molar-refractivity contribution >= 4 is 29.2 Å². The zero-order chi connectivity index (χ0) is 13.8. The second-order valence-corrected chi connectivity index (χ2v) is 5.02. The quantitative estimate of drug-likeness (QED) is 0.502. The van der Waals surface area contributed by atoms with Crippen LogP contribution in [-0.4, -0.2) is 21.5 Å². The summed E-state index contributed by atoms with van der Waals surface area (Å²) in [7, 11) is 0. The number of nitrogen functional groups attached to an aromatic ring is 2. The van der Waals surface area contributed by atoms with Crippen molar-refractivity contribution in [3.8, 4) is 0 Å². The smallest absolute Gasteiger partial charge is 0.191 e. The van der Waals surface area contributed by atoms with Crippen LogP contribution in [-0.2, 0) is 0 Å². The summed E-state index contributed by atoms with van der Waals surface area (Å²) < 4.78 is 0. The van der Waals surface area contributed by atoms with E-state index in [2.05, 4.69) is 9.97 Å². The molecular weight excluding hydrogens is 260 g/mol. The fraction of sp³-hybridized carbons (Fsp3) is 0.154. The number of hydrogen-bond donors (Lipinski definition) is 2. The van der Waals surface area contributed by atoms with Gasteiger partial charge in [-0.15, -0.1) is 0 Å². The van der Waals surface area contributed by atoms with Crippen LogP contribution in [0.4, 0.5) is 11.6 Å². The Balaban J connectivity index is 2.02. The Bertz CT molecular complexity index is 578. The predicted octanol–water partition coefficient (Wildman–Crippen LogP) is 1.92. The highest BCUT2D eigenvalue weighted by Crippen LogP contribution is 2.18. The van der Waals surface area contributed by atoms with E-state index in [1.54, 1.807) is 0 Å². The maximum absolute atomic E-state index is 12.0. The molecule has 1 heterocycles. The number of anilines is 2. The van der Waals surface area contributed by atoms with Gasteiger partial charge >= 0.3 is 0 Å². The number of nitrogens with zero attached hydrogens (tertiary/aromatic N) is 2. The molecule has 0 unspecified atom stereocenters. The summed E-state index contributed by atoms with van der Waals surface area (Å²) >= 11 is 1.22. The van der Waals surface area contributed by atoms with E-state index in [4.69, 9.17) is 11.5 Å². The van der Waals surface area contributed by atoms with E-state index < -0.39 is 0 Å². The maximum atomic E-state index is 12.0. The lowest BCUT2D eigenvalue weighted by atomic mass is 10.1. The third kappa shape index (κ3) is 3.69. The molecule has 0 amide bonds. The molecular formula is C13H14N4OS. The molecule has 0 aliphatic heterocycles. The molecule has 0 radical (unpaired) electrons. The van der Waals surface area contributed by atoms with Gasteiger partial charge < -0.3 is 11.5 Å². The molecule has 0 aliphatic rings. The summed E-state index contributed by atoms with van der Waals surface area (Å²) in [5, 5.41) is 0.415. The van der Waals surface area contributed by atoms with Crippen LogP contribution in [0.15, 0.2) is 35.5 Å². The Hall–Kier alpha value is -2.08. The van der Waals surface area contributed by atoms with Crippen LogP contribution in [0.25, 0.3) is 0 Å². The molecule has 2 rings (SSSR count). The van der Waals surface area contributed by atoms with Crippen LogP contribution in [0.1, 0.15) is 15.9 Å². The van der Waals surface area contributed by atoms with Crippen LogP contribution in [0, 0.1) is 6.92 Å². The van der Waals surface area contributed by atoms with Gasteiger partial charge in [0.25, 0.3) is 0 Å². The summed E-state index contributed by atoms with van der Waals surface area (Å²) in [5.74, 6) is 0.886. The van der Waals surface area contributed by atoms with Crippen LogP contribution in [0.2, 0.25) is 0 Å². The number of carbonyl (C=O) groups is 1. The first kappa shape index (κ1) is 13.4. The first-order chi connectivity index (χ1) is 9.04. The number of ketones is 1. The third-order valence-corrected chi connectivity index (χ3v) is 3.30. The van der Waals surface area contributed by atoms with Crippen LogP contribution >= 0.6 is 11.8 Å². The van der Waals surface area contributed by atoms with Gasteiger partial charge in [-0.05, 0) is 6.92 Å². The average molecular weight is 274 g/mol. The molecule has 0 spiro atoms. The molecule has 2 aromatic rings. The van der Waals surface area contributed by atoms with Gasteiger partial charge in [-0.25, -0.2) is 9.97 Å². The molecule has 19 heavy (non-hydrogen) atoms. The van der Waals surface area contributed by atoms with Gasteiger partial charge in [0.1, 0.15) is 11.6 Å². The van der Waals surface area contributed by atoms with Crippen molar-refractivity contribution in [3.63, 3.8) is 0 Å². The molecule has 1 aromatic heterocycles. The summed E-state index contributed by atoms with van der Waals surface area (Å²) in [6, 6.07) is 8.92. The third-order valence-electron chi connectivity index (χ3n) is 2.45. The van der Waals surface area contributed by atoms with Gasteiger partial charge in [0.2, 0.25) is 0 Å². The molecule has 4 N–H and O–H groups in total. The van der Waals surface area contributed by atoms with E-state index >= 15 is 0 Å². The first-order valence-corrected chi connectivity index (χ1v) is 6.66. The summed E-state index contributed by atoms with van der Waals surface area (Å²) in [4.78, 5) is 20.0. The number of thioether (sulfide) groups is 1. The topological polar surface area (TPSA) is 94.9 Å². The SMILES string of the molecule is Cc1ccc(C(=O)CSc2nc(N)cc(N)n2)cc1. The molecule has 0 atom stereocenters. The lowest BCUT2D eigenvalue weighted by Crippen LogP contribution is -2.04. The number of nitrogens with two attached hydrogens (primary N) is 2. The summed E-state index contributed by atoms with van der Waals surface area (Å²) in [6.07, 6.45) is 0. The largest absolute Gasteiger partial charge is 0.383 e. The van der Waals surface area contributed by atoms with Crippen LogP contribution < -0.4 is 11.5 Å². The Morgan fingerprint density at radius 1 is 1.16 bits per heavy atom. The lowest BCUT2D eigenvalue weighted by molar-refractivity contribution is 0.102. The van der Waals surface area contributed by atoms with Crippen molar-refractivity contribution in [2.24, 2.45) is 0 Å². The highest BCUT2D eigenvalue weighted by atomic mass is 32.2. The van der Waals surface area contributed by atoms with E-state index in [0.29, 0.717) is 22.4 Å². The Morgan fingerprint density at radius 3 is 2.32 bits per heavy atom. The minimum atomic E-state index is 0.0228. The fourth-order valence-corrected chi connectivity index (χ4v) is 2.25. The maximum Gasteiger partial charge on any atom is 0.191 e. The number of Topliss-reactive ketones (excluding diaryl/α,β-unsaturated/α-hetero) is 1. The van der Waals surface area contributed by atoms with E-state index in [1.807, 2.05) is 31.2 Å². The Kier molecular flexibility index (Phi) is 4.01. The van der Waals surface area contributed by atoms with Crippen LogP contribution in [0.3, 0.4) is 0 Å². The van der Waals surface area contributed by atoms with Gasteiger partial charge in [-0.1, -0.05) is 41.6 Å². The lowest BCUT2D eigenvalue weighted by Gasteiger charge is -2.03. The number of hydrogen-bond acceptors (Lipinski definition) is 6. The van der Waals surface area contributed by atoms with Crippen LogP contribution in [0.5, 0.6) is 0 Å². The van der Waals surface area contributed by atoms with Gasteiger partial charge in [0.05, 0.1) is 5.75 Å². The molecule has 0 saturated carbocycles. The number of aromatic nitrogens is 2. The second-order valence-electron chi connectivity index (χ2n) is 4.08. The molecule has 0 aliphatic carbocycles. The number of carbonyl (C=O) groups excluding carboxylic acids is 1. The van der Waals surface area contributed by atoms with Crippen molar-refractivity contribution < 1.29 is 4.79 Å². The number of rotatable bonds is 4. The van der Waals surface area contributed by atoms with E-state index in [9.17, 15) is 4.79 Å². The number of aryl methyl sites for hydroxylation is 1. The molecule has 98 valence electrons. The molecule has 6 heteroatoms. The zero-order valence-electron chi connectivity index (χ0n) is 10.5. The van der Waals surface area contributed by atoms with E-state index in [1.165, 1.54) is 17.8 Å². The fourth-order valence-electron chi connectivity index (χ4n) is 1.48. The van der Waals surface area contributed by atoms with Crippen molar-refractivity contribution in [1.29, 1.82) is 0 Å². The Morgan fingerprint density at radius 2 is 1.74 bits per heavy atom. The van der Waals surface area contributed by atoms with Crippen molar-refractivity contribution in [1.82, 2.24) is 9.97 Å². The average Bonchev–Trinajstić information content (AvgIpc) is 2.36. The second kappa shape index (κ2) is 5.71. The van der Waals surface area contributed by atoms with Crippen molar-refractivity contribution in [2.75, 3.05) is 17.2 Å². The minimum Gasteiger partial charge on any atom is -0.383 e. The normalized spacial score (nSPS) is 10.4. The van der Waals surface area contributed by atoms with Gasteiger partial charge in [0.15, 0.2) is 10.9 Å². The summed E-state index contributed by atoms with van der Waals surface area (Å²) in [5.41, 5.74) is 12.9. The standard InChI is InChI=1S/C13H14N4OS/c1-8-2-4-9(5-3-8)10(18)7-19-13-16-11(14)6-12(15)17-13/h2-6H,7H2,1H3,(H4,14,15,16,17). The van der Waals surface area contributed by atoms with Gasteiger partial charge in [-0.2, -0.15) is 0 Å². The molecule has 0 bridgehead atoms. The summed E-state index contributed by atoms with van der Waals surface area (Å²) in [6.45, 7) is 1.98. The zero-order valence-corrected chi connectivity index (χ0v) is 11.3. The van der Waals surface area contributed by atoms with E-state index in [-0.39, 0.29) is 11.5 Å². The first-order valence-electron chi connectivity index (χ1n) is 5.67. The highest BCUT2D eigenvalue weighted by molar-refractivity contribution is 7.99. The number of benzene rings is 1. The Labute approximate surface area is 115 Å². The van der Waals surface area contributed by atoms with Crippen molar-refractivity contribution in [2.45, 2.75) is 12.1 Å². The van der Waals surface area contributed by atoms with E-state index in [0.717, 1.165) is 5.56 Å².